The van der Waals surface area contributed by atoms with Crippen molar-refractivity contribution in [1.82, 2.24) is 5.16 Å². The van der Waals surface area contributed by atoms with E-state index in [0.717, 1.165) is 39.3 Å². The summed E-state index contributed by atoms with van der Waals surface area (Å²) in [5, 5.41) is 5.00. The lowest BCUT2D eigenvalue weighted by Gasteiger charge is -2.20. The third-order valence-electron chi connectivity index (χ3n) is 6.70. The molecule has 0 saturated heterocycles. The molecule has 0 N–H and O–H groups in total. The van der Waals surface area contributed by atoms with Gasteiger partial charge in [0.2, 0.25) is 0 Å². The molecule has 5 rings (SSSR count). The minimum absolute atomic E-state index is 0.0353. The minimum Gasteiger partial charge on any atom is -0.456 e. The van der Waals surface area contributed by atoms with Gasteiger partial charge < -0.3 is 8.94 Å². The minimum atomic E-state index is 0.0353. The maximum Gasteiger partial charge on any atom is 0.144 e. The van der Waals surface area contributed by atoms with E-state index < -0.39 is 0 Å². The summed E-state index contributed by atoms with van der Waals surface area (Å²) < 4.78 is 11.3. The molecule has 0 amide bonds. The molecule has 3 aromatic carbocycles. The predicted octanol–water partition coefficient (Wildman–Crippen LogP) is 7.66. The van der Waals surface area contributed by atoms with Gasteiger partial charge in [-0.1, -0.05) is 65.3 Å². The van der Waals surface area contributed by atoms with E-state index >= 15 is 0 Å². The van der Waals surface area contributed by atoms with Gasteiger partial charge in [0.05, 0.1) is 11.3 Å². The Morgan fingerprint density at radius 1 is 0.914 bits per heavy atom. The number of Topliss-reactive ketones (excluding diaryl/α,β-unsaturated/α-hetero) is 1. The van der Waals surface area contributed by atoms with Gasteiger partial charge in [-0.15, -0.1) is 0 Å². The van der Waals surface area contributed by atoms with E-state index in [1.807, 2.05) is 56.3 Å². The third kappa shape index (κ3) is 4.69. The molecule has 35 heavy (non-hydrogen) atoms. The number of furan rings is 1. The number of hydrogen-bond acceptors (Lipinski definition) is 4. The molecule has 0 aliphatic heterocycles. The summed E-state index contributed by atoms with van der Waals surface area (Å²) in [4.78, 5) is 13.3. The molecule has 0 bridgehead atoms. The van der Waals surface area contributed by atoms with E-state index in [4.69, 9.17) is 8.94 Å². The van der Waals surface area contributed by atoms with Gasteiger partial charge in [-0.05, 0) is 68.1 Å². The van der Waals surface area contributed by atoms with Crippen molar-refractivity contribution in [3.63, 3.8) is 0 Å². The second-order valence-electron chi connectivity index (χ2n) is 9.42. The van der Waals surface area contributed by atoms with Crippen LogP contribution in [0.1, 0.15) is 51.6 Å². The predicted molar refractivity (Wildman–Crippen MR) is 139 cm³/mol. The van der Waals surface area contributed by atoms with Gasteiger partial charge in [-0.3, -0.25) is 4.79 Å². The van der Waals surface area contributed by atoms with Crippen LogP contribution < -0.4 is 0 Å². The Bertz CT molecular complexity index is 1490. The average molecular weight is 464 g/mol. The van der Waals surface area contributed by atoms with Crippen molar-refractivity contribution in [1.29, 1.82) is 0 Å². The topological polar surface area (TPSA) is 56.2 Å². The van der Waals surface area contributed by atoms with Crippen LogP contribution in [0, 0.1) is 27.7 Å². The molecule has 2 aromatic heterocycles. The van der Waals surface area contributed by atoms with Crippen LogP contribution in [0.2, 0.25) is 0 Å². The van der Waals surface area contributed by atoms with Crippen LogP contribution in [-0.2, 0) is 11.2 Å². The number of nitrogens with zero attached hydrogens (tertiary/aromatic N) is 1. The molecule has 176 valence electrons. The number of carbonyl (C=O) groups excluding carboxylic acids is 1. The van der Waals surface area contributed by atoms with Crippen LogP contribution in [0.5, 0.6) is 0 Å². The van der Waals surface area contributed by atoms with Gasteiger partial charge >= 0.3 is 0 Å². The first-order chi connectivity index (χ1) is 16.9. The molecule has 4 heteroatoms. The van der Waals surface area contributed by atoms with Crippen molar-refractivity contribution in [2.45, 2.75) is 46.5 Å². The Morgan fingerprint density at radius 3 is 2.43 bits per heavy atom. The van der Waals surface area contributed by atoms with Crippen molar-refractivity contribution in [2.24, 2.45) is 0 Å². The molecule has 5 aromatic rings. The van der Waals surface area contributed by atoms with Crippen molar-refractivity contribution < 1.29 is 13.7 Å². The fourth-order valence-electron chi connectivity index (χ4n) is 5.00. The van der Waals surface area contributed by atoms with E-state index in [2.05, 4.69) is 49.3 Å². The molecule has 0 fully saturated rings. The lowest BCUT2D eigenvalue weighted by atomic mass is 9.83. The van der Waals surface area contributed by atoms with Gasteiger partial charge in [0.15, 0.2) is 0 Å². The second-order valence-corrected chi connectivity index (χ2v) is 9.42. The number of aryl methyl sites for hydroxylation is 4. The molecule has 1 unspecified atom stereocenters. The first kappa shape index (κ1) is 22.9. The zero-order chi connectivity index (χ0) is 24.5. The Morgan fingerprint density at radius 2 is 1.71 bits per heavy atom. The zero-order valence-electron chi connectivity index (χ0n) is 20.6. The van der Waals surface area contributed by atoms with E-state index in [0.29, 0.717) is 12.8 Å². The summed E-state index contributed by atoms with van der Waals surface area (Å²) in [5.41, 5.74) is 8.29. The number of ketones is 1. The fraction of sp³-hybridized carbons (Fsp3) is 0.226. The largest absolute Gasteiger partial charge is 0.456 e. The molecule has 2 heterocycles. The maximum absolute atomic E-state index is 13.3. The van der Waals surface area contributed by atoms with Crippen LogP contribution >= 0.6 is 0 Å². The van der Waals surface area contributed by atoms with Crippen molar-refractivity contribution in [3.05, 3.63) is 112 Å². The van der Waals surface area contributed by atoms with Gasteiger partial charge in [-0.25, -0.2) is 0 Å². The molecule has 0 spiro atoms. The Kier molecular flexibility index (Phi) is 6.12. The summed E-state index contributed by atoms with van der Waals surface area (Å²) in [6.07, 6.45) is 0.845. The SMILES string of the molecule is Cc1ccc(C(CC(=O)Cc2ccc3oc(-c4c(C)noc4C)cc3c2)c2ccccc2)c(C)c1. The van der Waals surface area contributed by atoms with Crippen LogP contribution in [0.3, 0.4) is 0 Å². The van der Waals surface area contributed by atoms with Crippen molar-refractivity contribution >= 4 is 16.8 Å². The zero-order valence-corrected chi connectivity index (χ0v) is 20.6. The molecular formula is C31H29NO3. The van der Waals surface area contributed by atoms with Crippen molar-refractivity contribution in [2.75, 3.05) is 0 Å². The monoisotopic (exact) mass is 463 g/mol. The van der Waals surface area contributed by atoms with E-state index in [-0.39, 0.29) is 11.7 Å². The highest BCUT2D eigenvalue weighted by molar-refractivity contribution is 5.87. The van der Waals surface area contributed by atoms with Gasteiger partial charge in [0, 0.05) is 24.1 Å². The van der Waals surface area contributed by atoms with E-state index in [1.165, 1.54) is 22.3 Å². The first-order valence-corrected chi connectivity index (χ1v) is 12.0. The lowest BCUT2D eigenvalue weighted by molar-refractivity contribution is -0.118. The summed E-state index contributed by atoms with van der Waals surface area (Å²) in [7, 11) is 0. The quantitative estimate of drug-likeness (QED) is 0.249. The highest BCUT2D eigenvalue weighted by Crippen LogP contribution is 2.34. The summed E-state index contributed by atoms with van der Waals surface area (Å²) in [6.45, 7) is 8.02. The van der Waals surface area contributed by atoms with Crippen LogP contribution in [-0.4, -0.2) is 10.9 Å². The molecule has 0 radical (unpaired) electrons. The number of aromatic nitrogens is 1. The Labute approximate surface area is 205 Å². The molecular weight excluding hydrogens is 434 g/mol. The fourth-order valence-corrected chi connectivity index (χ4v) is 5.00. The number of benzene rings is 3. The molecule has 0 saturated carbocycles. The number of hydrogen-bond donors (Lipinski definition) is 0. The lowest BCUT2D eigenvalue weighted by Crippen LogP contribution is -2.12. The number of carbonyl (C=O) groups is 1. The first-order valence-electron chi connectivity index (χ1n) is 12.0. The number of fused-ring (bicyclic) bond motifs is 1. The highest BCUT2D eigenvalue weighted by Gasteiger charge is 2.21. The summed E-state index contributed by atoms with van der Waals surface area (Å²) in [5.74, 6) is 1.72. The molecule has 0 aliphatic carbocycles. The smallest absolute Gasteiger partial charge is 0.144 e. The normalized spacial score (nSPS) is 12.2. The molecule has 4 nitrogen and oxygen atoms in total. The summed E-state index contributed by atoms with van der Waals surface area (Å²) >= 11 is 0. The Balaban J connectivity index is 1.40. The third-order valence-corrected chi connectivity index (χ3v) is 6.70. The van der Waals surface area contributed by atoms with E-state index in [9.17, 15) is 4.79 Å². The highest BCUT2D eigenvalue weighted by atomic mass is 16.5. The second kappa shape index (κ2) is 9.38. The van der Waals surface area contributed by atoms with Crippen molar-refractivity contribution in [3.8, 4) is 11.3 Å². The Hall–Kier alpha value is -3.92. The average Bonchev–Trinajstić information content (AvgIpc) is 3.40. The van der Waals surface area contributed by atoms with Crippen LogP contribution in [0.4, 0.5) is 0 Å². The standard InChI is InChI=1S/C31H29NO3/c1-19-10-12-27(20(2)14-19)28(24-8-6-5-7-9-24)18-26(33)16-23-11-13-29-25(15-23)17-30(34-29)31-21(3)32-35-22(31)4/h5-15,17,28H,16,18H2,1-4H3. The van der Waals surface area contributed by atoms with Crippen LogP contribution in [0.25, 0.3) is 22.3 Å². The number of rotatable bonds is 7. The molecule has 1 atom stereocenters. The van der Waals surface area contributed by atoms with Gasteiger partial charge in [0.25, 0.3) is 0 Å². The van der Waals surface area contributed by atoms with Gasteiger partial charge in [-0.2, -0.15) is 0 Å². The summed E-state index contributed by atoms with van der Waals surface area (Å²) in [6, 6.07) is 24.8. The van der Waals surface area contributed by atoms with E-state index in [1.54, 1.807) is 0 Å². The maximum atomic E-state index is 13.3. The van der Waals surface area contributed by atoms with Gasteiger partial charge in [0.1, 0.15) is 22.9 Å². The van der Waals surface area contributed by atoms with Crippen LogP contribution in [0.15, 0.2) is 81.7 Å². The molecule has 0 aliphatic rings.